The third-order valence-corrected chi connectivity index (χ3v) is 5.66. The molecule has 0 heterocycles. The van der Waals surface area contributed by atoms with Gasteiger partial charge in [-0.1, -0.05) is 37.8 Å². The topological polar surface area (TPSA) is 29.3 Å². The van der Waals surface area contributed by atoms with E-state index in [0.717, 1.165) is 0 Å². The summed E-state index contributed by atoms with van der Waals surface area (Å²) in [5.41, 5.74) is 12.4. The van der Waals surface area contributed by atoms with E-state index in [0.29, 0.717) is 0 Å². The van der Waals surface area contributed by atoms with Crippen LogP contribution < -0.4 is 5.73 Å². The molecule has 0 spiro atoms. The average Bonchev–Trinajstić information content (AvgIpc) is 2.68. The van der Waals surface area contributed by atoms with Crippen LogP contribution in [0, 0.1) is 20.8 Å². The highest BCUT2D eigenvalue weighted by molar-refractivity contribution is 5.39. The summed E-state index contributed by atoms with van der Waals surface area (Å²) in [5.74, 6) is 0. The Balaban J connectivity index is 2.43. The van der Waals surface area contributed by atoms with Crippen molar-refractivity contribution in [2.75, 3.05) is 14.1 Å². The lowest BCUT2D eigenvalue weighted by atomic mass is 9.77. The Morgan fingerprint density at radius 2 is 1.43 bits per heavy atom. The number of hydrogen-bond donors (Lipinski definition) is 1. The van der Waals surface area contributed by atoms with Crippen molar-refractivity contribution in [2.45, 2.75) is 70.9 Å². The van der Waals surface area contributed by atoms with Crippen molar-refractivity contribution in [3.63, 3.8) is 0 Å². The van der Waals surface area contributed by atoms with Crippen LogP contribution in [0.1, 0.15) is 66.8 Å². The molecular formula is C19H32N2. The molecule has 2 heteroatoms. The van der Waals surface area contributed by atoms with Crippen LogP contribution in [-0.4, -0.2) is 24.5 Å². The van der Waals surface area contributed by atoms with Crippen LogP contribution in [0.2, 0.25) is 0 Å². The van der Waals surface area contributed by atoms with Crippen molar-refractivity contribution in [3.05, 3.63) is 34.4 Å². The minimum absolute atomic E-state index is 0.102. The maximum absolute atomic E-state index is 6.85. The van der Waals surface area contributed by atoms with Gasteiger partial charge in [-0.25, -0.2) is 0 Å². The molecule has 1 aromatic carbocycles. The maximum Gasteiger partial charge on any atom is 0.0484 e. The first kappa shape index (κ1) is 16.5. The number of rotatable bonds is 3. The van der Waals surface area contributed by atoms with Gasteiger partial charge in [0.25, 0.3) is 0 Å². The van der Waals surface area contributed by atoms with Crippen molar-refractivity contribution in [1.29, 1.82) is 0 Å². The summed E-state index contributed by atoms with van der Waals surface area (Å²) in [5, 5.41) is 0. The molecule has 0 aliphatic heterocycles. The van der Waals surface area contributed by atoms with Gasteiger partial charge in [0.05, 0.1) is 0 Å². The zero-order chi connectivity index (χ0) is 15.6. The normalized spacial score (nSPS) is 20.3. The number of hydrogen-bond acceptors (Lipinski definition) is 2. The summed E-state index contributed by atoms with van der Waals surface area (Å²) in [6.45, 7) is 6.59. The van der Waals surface area contributed by atoms with Gasteiger partial charge >= 0.3 is 0 Å². The summed E-state index contributed by atoms with van der Waals surface area (Å²) >= 11 is 0. The highest BCUT2D eigenvalue weighted by atomic mass is 15.2. The Labute approximate surface area is 130 Å². The van der Waals surface area contributed by atoms with E-state index >= 15 is 0 Å². The fourth-order valence-corrected chi connectivity index (χ4v) is 3.98. The van der Waals surface area contributed by atoms with Crippen LogP contribution >= 0.6 is 0 Å². The first-order valence-electron chi connectivity index (χ1n) is 8.39. The van der Waals surface area contributed by atoms with Crippen LogP contribution in [0.3, 0.4) is 0 Å². The van der Waals surface area contributed by atoms with Crippen LogP contribution in [0.25, 0.3) is 0 Å². The maximum atomic E-state index is 6.85. The van der Waals surface area contributed by atoms with Crippen molar-refractivity contribution in [2.24, 2.45) is 5.73 Å². The van der Waals surface area contributed by atoms with Gasteiger partial charge < -0.3 is 10.6 Å². The number of aryl methyl sites for hydroxylation is 3. The van der Waals surface area contributed by atoms with Gasteiger partial charge in [-0.2, -0.15) is 0 Å². The molecule has 0 aromatic heterocycles. The number of likely N-dealkylation sites (N-methyl/N-ethyl adjacent to an activating group) is 1. The van der Waals surface area contributed by atoms with E-state index in [-0.39, 0.29) is 11.6 Å². The molecule has 1 saturated carbocycles. The third kappa shape index (κ3) is 3.17. The molecule has 2 rings (SSSR count). The van der Waals surface area contributed by atoms with E-state index in [9.17, 15) is 0 Å². The summed E-state index contributed by atoms with van der Waals surface area (Å²) in [4.78, 5) is 2.40. The van der Waals surface area contributed by atoms with Crippen LogP contribution in [0.15, 0.2) is 12.1 Å². The van der Waals surface area contributed by atoms with Gasteiger partial charge in [0.15, 0.2) is 0 Å². The van der Waals surface area contributed by atoms with Crippen LogP contribution in [-0.2, 0) is 0 Å². The van der Waals surface area contributed by atoms with E-state index in [1.807, 2.05) is 0 Å². The van der Waals surface area contributed by atoms with Gasteiger partial charge in [0, 0.05) is 11.6 Å². The van der Waals surface area contributed by atoms with Crippen molar-refractivity contribution in [3.8, 4) is 0 Å². The summed E-state index contributed by atoms with van der Waals surface area (Å²) in [6, 6.07) is 4.72. The highest BCUT2D eigenvalue weighted by Gasteiger charge is 2.40. The monoisotopic (exact) mass is 288 g/mol. The minimum Gasteiger partial charge on any atom is -0.322 e. The smallest absolute Gasteiger partial charge is 0.0484 e. The molecule has 2 N–H and O–H groups in total. The zero-order valence-electron chi connectivity index (χ0n) is 14.5. The molecule has 1 fully saturated rings. The largest absolute Gasteiger partial charge is 0.322 e. The van der Waals surface area contributed by atoms with E-state index in [2.05, 4.69) is 51.9 Å². The van der Waals surface area contributed by atoms with Crippen LogP contribution in [0.5, 0.6) is 0 Å². The fourth-order valence-electron chi connectivity index (χ4n) is 3.98. The molecule has 1 unspecified atom stereocenters. The molecule has 0 radical (unpaired) electrons. The number of benzene rings is 1. The van der Waals surface area contributed by atoms with Crippen molar-refractivity contribution in [1.82, 2.24) is 4.90 Å². The Hall–Kier alpha value is -0.860. The molecule has 2 nitrogen and oxygen atoms in total. The second-order valence-electron chi connectivity index (χ2n) is 7.18. The highest BCUT2D eigenvalue weighted by Crippen LogP contribution is 2.41. The Kier molecular flexibility index (Phi) is 5.11. The summed E-state index contributed by atoms with van der Waals surface area (Å²) in [6.07, 6.45) is 7.75. The lowest BCUT2D eigenvalue weighted by molar-refractivity contribution is 0.0966. The van der Waals surface area contributed by atoms with Gasteiger partial charge in [0.2, 0.25) is 0 Å². The molecular weight excluding hydrogens is 256 g/mol. The van der Waals surface area contributed by atoms with E-state index in [1.54, 1.807) is 0 Å². The molecule has 1 aromatic rings. The molecule has 0 saturated heterocycles. The van der Waals surface area contributed by atoms with E-state index in [1.165, 1.54) is 60.8 Å². The van der Waals surface area contributed by atoms with Gasteiger partial charge in [0.1, 0.15) is 0 Å². The number of nitrogens with zero attached hydrogens (tertiary/aromatic N) is 1. The average molecular weight is 288 g/mol. The molecule has 118 valence electrons. The zero-order valence-corrected chi connectivity index (χ0v) is 14.5. The van der Waals surface area contributed by atoms with Gasteiger partial charge in [-0.15, -0.1) is 0 Å². The van der Waals surface area contributed by atoms with Crippen molar-refractivity contribution >= 4 is 0 Å². The quantitative estimate of drug-likeness (QED) is 0.842. The standard InChI is InChI=1S/C19H32N2/c1-14-12-16(3)17(13-15(14)2)18(20)19(21(4)5)10-8-6-7-9-11-19/h12-13,18H,6-11,20H2,1-5H3. The summed E-state index contributed by atoms with van der Waals surface area (Å²) < 4.78 is 0. The second kappa shape index (κ2) is 6.50. The summed E-state index contributed by atoms with van der Waals surface area (Å²) in [7, 11) is 4.42. The predicted octanol–water partition coefficient (Wildman–Crippen LogP) is 4.27. The van der Waals surface area contributed by atoms with Gasteiger partial charge in [-0.3, -0.25) is 0 Å². The van der Waals surface area contributed by atoms with E-state index < -0.39 is 0 Å². The van der Waals surface area contributed by atoms with Crippen LogP contribution in [0.4, 0.5) is 0 Å². The predicted molar refractivity (Wildman–Crippen MR) is 91.7 cm³/mol. The second-order valence-corrected chi connectivity index (χ2v) is 7.18. The Morgan fingerprint density at radius 3 is 1.95 bits per heavy atom. The molecule has 21 heavy (non-hydrogen) atoms. The molecule has 1 aliphatic carbocycles. The van der Waals surface area contributed by atoms with Gasteiger partial charge in [-0.05, 0) is 70.0 Å². The third-order valence-electron chi connectivity index (χ3n) is 5.66. The number of nitrogens with two attached hydrogens (primary N) is 1. The van der Waals surface area contributed by atoms with Crippen molar-refractivity contribution < 1.29 is 0 Å². The first-order valence-corrected chi connectivity index (χ1v) is 8.39. The molecule has 1 atom stereocenters. The first-order chi connectivity index (χ1) is 9.88. The fraction of sp³-hybridized carbons (Fsp3) is 0.684. The van der Waals surface area contributed by atoms with E-state index in [4.69, 9.17) is 5.73 Å². The minimum atomic E-state index is 0.102. The Bertz CT molecular complexity index is 483. The molecule has 1 aliphatic rings. The SMILES string of the molecule is Cc1cc(C)c(C(N)C2(N(C)C)CCCCCC2)cc1C. The Morgan fingerprint density at radius 1 is 0.905 bits per heavy atom. The molecule has 0 bridgehead atoms. The lowest BCUT2D eigenvalue weighted by Gasteiger charge is -2.45. The lowest BCUT2D eigenvalue weighted by Crippen LogP contribution is -2.52. The molecule has 0 amide bonds.